The van der Waals surface area contributed by atoms with Crippen LogP contribution in [0.4, 0.5) is 0 Å². The Morgan fingerprint density at radius 1 is 1.29 bits per heavy atom. The molecule has 1 aromatic carbocycles. The number of benzene rings is 1. The molecule has 0 aromatic heterocycles. The highest BCUT2D eigenvalue weighted by Gasteiger charge is 2.29. The van der Waals surface area contributed by atoms with Crippen LogP contribution >= 0.6 is 11.6 Å². The van der Waals surface area contributed by atoms with Gasteiger partial charge in [-0.2, -0.15) is 0 Å². The standard InChI is InChI=1S/C12H17ClN2O4S2/c1-20(16,17)15-7-3-5-11(9-15)14-21(18,19)12-6-2-4-10(13)8-12/h2,4,6,8,11,14H,3,5,7,9H2,1H3. The molecule has 1 aliphatic heterocycles. The summed E-state index contributed by atoms with van der Waals surface area (Å²) < 4.78 is 51.5. The maximum atomic E-state index is 12.3. The first-order chi connectivity index (χ1) is 9.68. The Bertz CT molecular complexity index is 719. The van der Waals surface area contributed by atoms with Crippen LogP contribution in [0.1, 0.15) is 12.8 Å². The van der Waals surface area contributed by atoms with E-state index in [0.29, 0.717) is 24.4 Å². The van der Waals surface area contributed by atoms with Gasteiger partial charge in [0.2, 0.25) is 20.0 Å². The summed E-state index contributed by atoms with van der Waals surface area (Å²) in [4.78, 5) is 0.0754. The molecule has 6 nitrogen and oxygen atoms in total. The highest BCUT2D eigenvalue weighted by atomic mass is 35.5. The highest BCUT2D eigenvalue weighted by Crippen LogP contribution is 2.18. The zero-order chi connectivity index (χ0) is 15.7. The van der Waals surface area contributed by atoms with Crippen molar-refractivity contribution in [2.45, 2.75) is 23.8 Å². The predicted molar refractivity (Wildman–Crippen MR) is 81.2 cm³/mol. The lowest BCUT2D eigenvalue weighted by Crippen LogP contribution is -2.49. The Balaban J connectivity index is 2.14. The summed E-state index contributed by atoms with van der Waals surface area (Å²) in [6.45, 7) is 0.576. The molecule has 9 heteroatoms. The summed E-state index contributed by atoms with van der Waals surface area (Å²) in [6, 6.07) is 5.52. The molecule has 1 aliphatic rings. The van der Waals surface area contributed by atoms with Crippen LogP contribution in [0.3, 0.4) is 0 Å². The van der Waals surface area contributed by atoms with Crippen molar-refractivity contribution in [2.24, 2.45) is 0 Å². The van der Waals surface area contributed by atoms with Gasteiger partial charge in [0.1, 0.15) is 0 Å². The van der Waals surface area contributed by atoms with E-state index >= 15 is 0 Å². The molecule has 0 aliphatic carbocycles. The Hall–Kier alpha value is -0.670. The molecule has 1 heterocycles. The number of piperidine rings is 1. The van der Waals surface area contributed by atoms with Gasteiger partial charge in [-0.25, -0.2) is 25.9 Å². The first-order valence-electron chi connectivity index (χ1n) is 6.41. The molecule has 0 bridgehead atoms. The van der Waals surface area contributed by atoms with Crippen LogP contribution in [0.5, 0.6) is 0 Å². The molecule has 2 rings (SSSR count). The summed E-state index contributed by atoms with van der Waals surface area (Å²) in [5.74, 6) is 0. The van der Waals surface area contributed by atoms with E-state index in [1.807, 2.05) is 0 Å². The summed E-state index contributed by atoms with van der Waals surface area (Å²) >= 11 is 5.80. The Kier molecular flexibility index (Phi) is 4.94. The number of rotatable bonds is 4. The van der Waals surface area contributed by atoms with E-state index in [1.165, 1.54) is 16.4 Å². The third kappa shape index (κ3) is 4.40. The van der Waals surface area contributed by atoms with Gasteiger partial charge in [0, 0.05) is 24.2 Å². The molecule has 0 spiro atoms. The average Bonchev–Trinajstić information content (AvgIpc) is 2.37. The van der Waals surface area contributed by atoms with E-state index in [0.717, 1.165) is 6.26 Å². The Morgan fingerprint density at radius 2 is 2.00 bits per heavy atom. The van der Waals surface area contributed by atoms with Crippen molar-refractivity contribution in [3.63, 3.8) is 0 Å². The second-order valence-electron chi connectivity index (χ2n) is 5.04. The van der Waals surface area contributed by atoms with Gasteiger partial charge in [-0.05, 0) is 31.0 Å². The van der Waals surface area contributed by atoms with Crippen LogP contribution in [-0.4, -0.2) is 46.5 Å². The fraction of sp³-hybridized carbons (Fsp3) is 0.500. The van der Waals surface area contributed by atoms with Crippen molar-refractivity contribution in [3.8, 4) is 0 Å². The molecular weight excluding hydrogens is 336 g/mol. The number of nitrogens with zero attached hydrogens (tertiary/aromatic N) is 1. The topological polar surface area (TPSA) is 83.6 Å². The van der Waals surface area contributed by atoms with Gasteiger partial charge in [-0.3, -0.25) is 0 Å². The molecular formula is C12H17ClN2O4S2. The minimum absolute atomic E-state index is 0.0754. The number of hydrogen-bond acceptors (Lipinski definition) is 4. The summed E-state index contributed by atoms with van der Waals surface area (Å²) in [6.07, 6.45) is 2.35. The van der Waals surface area contributed by atoms with Crippen LogP contribution in [0.15, 0.2) is 29.2 Å². The predicted octanol–water partition coefficient (Wildman–Crippen LogP) is 1.04. The molecule has 118 valence electrons. The normalized spacial score (nSPS) is 21.3. The molecule has 0 amide bonds. The molecule has 0 radical (unpaired) electrons. The quantitative estimate of drug-likeness (QED) is 0.877. The van der Waals surface area contributed by atoms with Gasteiger partial charge in [0.25, 0.3) is 0 Å². The van der Waals surface area contributed by atoms with Crippen LogP contribution < -0.4 is 4.72 Å². The summed E-state index contributed by atoms with van der Waals surface area (Å²) in [5, 5.41) is 0.333. The first kappa shape index (κ1) is 16.7. The van der Waals surface area contributed by atoms with Crippen LogP contribution in [0.2, 0.25) is 5.02 Å². The Labute approximate surface area is 130 Å². The van der Waals surface area contributed by atoms with Crippen LogP contribution in [-0.2, 0) is 20.0 Å². The van der Waals surface area contributed by atoms with Crippen molar-refractivity contribution in [2.75, 3.05) is 19.3 Å². The molecule has 1 atom stereocenters. The van der Waals surface area contributed by atoms with Crippen LogP contribution in [0.25, 0.3) is 0 Å². The molecule has 1 aromatic rings. The number of sulfonamides is 2. The number of nitrogens with one attached hydrogen (secondary N) is 1. The zero-order valence-corrected chi connectivity index (χ0v) is 13.9. The fourth-order valence-electron chi connectivity index (χ4n) is 2.26. The first-order valence-corrected chi connectivity index (χ1v) is 10.1. The van der Waals surface area contributed by atoms with E-state index in [-0.39, 0.29) is 11.4 Å². The molecule has 1 saturated heterocycles. The number of halogens is 1. The molecule has 1 fully saturated rings. The van der Waals surface area contributed by atoms with Crippen molar-refractivity contribution in [1.29, 1.82) is 0 Å². The smallest absolute Gasteiger partial charge is 0.213 e. The van der Waals surface area contributed by atoms with Crippen molar-refractivity contribution in [3.05, 3.63) is 29.3 Å². The average molecular weight is 353 g/mol. The third-order valence-electron chi connectivity index (χ3n) is 3.28. The van der Waals surface area contributed by atoms with Gasteiger partial charge in [-0.1, -0.05) is 17.7 Å². The molecule has 1 N–H and O–H groups in total. The van der Waals surface area contributed by atoms with Crippen molar-refractivity contribution < 1.29 is 16.8 Å². The summed E-state index contributed by atoms with van der Waals surface area (Å²) in [5.41, 5.74) is 0. The maximum Gasteiger partial charge on any atom is 0.240 e. The minimum Gasteiger partial charge on any atom is -0.213 e. The molecule has 1 unspecified atom stereocenters. The maximum absolute atomic E-state index is 12.3. The van der Waals surface area contributed by atoms with Gasteiger partial charge >= 0.3 is 0 Å². The second-order valence-corrected chi connectivity index (χ2v) is 9.17. The van der Waals surface area contributed by atoms with Gasteiger partial charge in [-0.15, -0.1) is 0 Å². The SMILES string of the molecule is CS(=O)(=O)N1CCCC(NS(=O)(=O)c2cccc(Cl)c2)C1. The van der Waals surface area contributed by atoms with E-state index in [1.54, 1.807) is 12.1 Å². The van der Waals surface area contributed by atoms with Crippen LogP contribution in [0, 0.1) is 0 Å². The van der Waals surface area contributed by atoms with Crippen molar-refractivity contribution >= 4 is 31.6 Å². The van der Waals surface area contributed by atoms with Gasteiger partial charge in [0.15, 0.2) is 0 Å². The van der Waals surface area contributed by atoms with Crippen molar-refractivity contribution in [1.82, 2.24) is 9.03 Å². The molecule has 0 saturated carbocycles. The largest absolute Gasteiger partial charge is 0.240 e. The third-order valence-corrected chi connectivity index (χ3v) is 6.30. The monoisotopic (exact) mass is 352 g/mol. The lowest BCUT2D eigenvalue weighted by molar-refractivity contribution is 0.305. The fourth-order valence-corrected chi connectivity index (χ4v) is 4.74. The van der Waals surface area contributed by atoms with Gasteiger partial charge < -0.3 is 0 Å². The van der Waals surface area contributed by atoms with E-state index in [4.69, 9.17) is 11.6 Å². The van der Waals surface area contributed by atoms with Gasteiger partial charge in [0.05, 0.1) is 11.2 Å². The molecule has 21 heavy (non-hydrogen) atoms. The van der Waals surface area contributed by atoms with E-state index in [2.05, 4.69) is 4.72 Å². The second kappa shape index (κ2) is 6.21. The lowest BCUT2D eigenvalue weighted by atomic mass is 10.1. The Morgan fingerprint density at radius 3 is 2.62 bits per heavy atom. The zero-order valence-electron chi connectivity index (χ0n) is 11.5. The van der Waals surface area contributed by atoms with E-state index in [9.17, 15) is 16.8 Å². The number of hydrogen-bond donors (Lipinski definition) is 1. The highest BCUT2D eigenvalue weighted by molar-refractivity contribution is 7.89. The summed E-state index contributed by atoms with van der Waals surface area (Å²) in [7, 11) is -7.02. The van der Waals surface area contributed by atoms with E-state index < -0.39 is 26.1 Å². The lowest BCUT2D eigenvalue weighted by Gasteiger charge is -2.31. The minimum atomic E-state index is -3.71.